The van der Waals surface area contributed by atoms with E-state index in [0.717, 1.165) is 32.1 Å². The number of hydrogen-bond acceptors (Lipinski definition) is 5. The van der Waals surface area contributed by atoms with Gasteiger partial charge < -0.3 is 20.1 Å². The summed E-state index contributed by atoms with van der Waals surface area (Å²) in [5.41, 5.74) is -3.30. The van der Waals surface area contributed by atoms with Crippen LogP contribution in [-0.4, -0.2) is 43.7 Å². The average molecular weight is 403 g/mol. The van der Waals surface area contributed by atoms with Crippen molar-refractivity contribution >= 4 is 5.97 Å². The van der Waals surface area contributed by atoms with Crippen LogP contribution in [0.5, 0.6) is 0 Å². The standard InChI is InChI=1S/C24H34O5/c1-14(2)18(25)29-24-10-17-8-22(27,13-24)12-23(28,9-17)19(24)20-4-15-3-16(5-20)7-21(26,6-15)11-20/h15-17,19,26-28H,1,3-13H2,2H3. The maximum Gasteiger partial charge on any atom is 0.333 e. The van der Waals surface area contributed by atoms with Crippen molar-refractivity contribution in [1.82, 2.24) is 0 Å². The molecule has 0 aromatic rings. The monoisotopic (exact) mass is 402 g/mol. The van der Waals surface area contributed by atoms with Crippen LogP contribution in [-0.2, 0) is 9.53 Å². The molecular formula is C24H34O5. The Morgan fingerprint density at radius 1 is 0.862 bits per heavy atom. The summed E-state index contributed by atoms with van der Waals surface area (Å²) >= 11 is 0. The Morgan fingerprint density at radius 2 is 1.52 bits per heavy atom. The quantitative estimate of drug-likeness (QED) is 0.499. The lowest BCUT2D eigenvalue weighted by atomic mass is 9.35. The van der Waals surface area contributed by atoms with E-state index in [9.17, 15) is 20.1 Å². The molecule has 0 amide bonds. The molecule has 8 aliphatic carbocycles. The Balaban J connectivity index is 1.48. The summed E-state index contributed by atoms with van der Waals surface area (Å²) in [6, 6.07) is 0. The van der Waals surface area contributed by atoms with E-state index < -0.39 is 28.4 Å². The molecule has 5 heteroatoms. The highest BCUT2D eigenvalue weighted by Gasteiger charge is 2.76. The van der Waals surface area contributed by atoms with Gasteiger partial charge in [-0.1, -0.05) is 6.58 Å². The van der Waals surface area contributed by atoms with Gasteiger partial charge in [0, 0.05) is 24.3 Å². The van der Waals surface area contributed by atoms with E-state index in [4.69, 9.17) is 4.74 Å². The molecule has 0 radical (unpaired) electrons. The second-order valence-electron chi connectivity index (χ2n) is 12.4. The summed E-state index contributed by atoms with van der Waals surface area (Å²) in [5, 5.41) is 34.7. The highest BCUT2D eigenvalue weighted by atomic mass is 16.6. The molecule has 0 spiro atoms. The second-order valence-corrected chi connectivity index (χ2v) is 12.4. The zero-order chi connectivity index (χ0) is 20.4. The van der Waals surface area contributed by atoms with Crippen molar-refractivity contribution in [3.05, 3.63) is 12.2 Å². The van der Waals surface area contributed by atoms with Crippen molar-refractivity contribution in [3.8, 4) is 0 Å². The Labute approximate surface area is 172 Å². The van der Waals surface area contributed by atoms with Crippen molar-refractivity contribution < 1.29 is 24.9 Å². The molecular weight excluding hydrogens is 368 g/mol. The van der Waals surface area contributed by atoms with Crippen molar-refractivity contribution in [2.24, 2.45) is 29.1 Å². The summed E-state index contributed by atoms with van der Waals surface area (Å²) in [7, 11) is 0. The van der Waals surface area contributed by atoms with Gasteiger partial charge in [0.05, 0.1) is 16.8 Å². The zero-order valence-corrected chi connectivity index (χ0v) is 17.5. The van der Waals surface area contributed by atoms with Gasteiger partial charge in [-0.25, -0.2) is 4.79 Å². The summed E-state index contributed by atoms with van der Waals surface area (Å²) in [4.78, 5) is 12.7. The van der Waals surface area contributed by atoms with E-state index in [0.29, 0.717) is 49.5 Å². The Hall–Kier alpha value is -0.910. The van der Waals surface area contributed by atoms with Crippen molar-refractivity contribution in [2.75, 3.05) is 0 Å². The van der Waals surface area contributed by atoms with E-state index in [2.05, 4.69) is 6.58 Å². The van der Waals surface area contributed by atoms with Gasteiger partial charge in [0.2, 0.25) is 0 Å². The fourth-order valence-corrected chi connectivity index (χ4v) is 10.3. The number of hydrogen-bond donors (Lipinski definition) is 3. The fraction of sp³-hybridized carbons (Fsp3) is 0.875. The van der Waals surface area contributed by atoms with Crippen LogP contribution >= 0.6 is 0 Å². The molecule has 0 heterocycles. The summed E-state index contributed by atoms with van der Waals surface area (Å²) in [6.45, 7) is 5.44. The van der Waals surface area contributed by atoms with Gasteiger partial charge in [-0.05, 0) is 87.9 Å². The largest absolute Gasteiger partial charge is 0.455 e. The van der Waals surface area contributed by atoms with E-state index in [1.54, 1.807) is 6.92 Å². The van der Waals surface area contributed by atoms with Gasteiger partial charge in [-0.3, -0.25) is 0 Å². The molecule has 0 aromatic heterocycles. The number of ether oxygens (including phenoxy) is 1. The Kier molecular flexibility index (Phi) is 3.43. The first kappa shape index (κ1) is 18.8. The number of rotatable bonds is 3. The molecule has 7 unspecified atom stereocenters. The van der Waals surface area contributed by atoms with Crippen molar-refractivity contribution in [2.45, 2.75) is 100.0 Å². The van der Waals surface area contributed by atoms with E-state index in [-0.39, 0.29) is 17.3 Å². The van der Waals surface area contributed by atoms with Gasteiger partial charge in [0.25, 0.3) is 0 Å². The van der Waals surface area contributed by atoms with Crippen LogP contribution < -0.4 is 0 Å². The van der Waals surface area contributed by atoms with Gasteiger partial charge in [0.1, 0.15) is 5.60 Å². The minimum absolute atomic E-state index is 0.179. The highest BCUT2D eigenvalue weighted by Crippen LogP contribution is 2.74. The minimum Gasteiger partial charge on any atom is -0.455 e. The number of carbonyl (C=O) groups is 1. The Morgan fingerprint density at radius 3 is 2.10 bits per heavy atom. The van der Waals surface area contributed by atoms with E-state index in [1.165, 1.54) is 6.42 Å². The van der Waals surface area contributed by atoms with Crippen LogP contribution in [0.3, 0.4) is 0 Å². The molecule has 5 nitrogen and oxygen atoms in total. The lowest BCUT2D eigenvalue weighted by Crippen LogP contribution is -2.77. The predicted octanol–water partition coefficient (Wildman–Crippen LogP) is 2.86. The molecule has 8 bridgehead atoms. The van der Waals surface area contributed by atoms with Crippen molar-refractivity contribution in [1.29, 1.82) is 0 Å². The third kappa shape index (κ3) is 2.47. The lowest BCUT2D eigenvalue weighted by Gasteiger charge is -2.73. The van der Waals surface area contributed by atoms with E-state index in [1.807, 2.05) is 0 Å². The molecule has 8 saturated carbocycles. The van der Waals surface area contributed by atoms with Crippen LogP contribution in [0.25, 0.3) is 0 Å². The van der Waals surface area contributed by atoms with Gasteiger partial charge in [-0.15, -0.1) is 0 Å². The highest BCUT2D eigenvalue weighted by molar-refractivity contribution is 5.87. The zero-order valence-electron chi connectivity index (χ0n) is 17.5. The minimum atomic E-state index is -1.02. The average Bonchev–Trinajstić information content (AvgIpc) is 2.47. The van der Waals surface area contributed by atoms with Gasteiger partial charge in [-0.2, -0.15) is 0 Å². The molecule has 160 valence electrons. The third-order valence-corrected chi connectivity index (χ3v) is 9.60. The normalized spacial score (nSPS) is 59.2. The second kappa shape index (κ2) is 5.28. The smallest absolute Gasteiger partial charge is 0.333 e. The molecule has 0 aliphatic heterocycles. The van der Waals surface area contributed by atoms with Crippen LogP contribution in [0.4, 0.5) is 0 Å². The third-order valence-electron chi connectivity index (χ3n) is 9.60. The van der Waals surface area contributed by atoms with Gasteiger partial charge >= 0.3 is 5.97 Å². The molecule has 7 atom stereocenters. The maximum absolute atomic E-state index is 12.7. The summed E-state index contributed by atoms with van der Waals surface area (Å²) in [5.74, 6) is 0.560. The Bertz CT molecular complexity index is 791. The van der Waals surface area contributed by atoms with Gasteiger partial charge in [0.15, 0.2) is 0 Å². The first-order valence-corrected chi connectivity index (χ1v) is 11.5. The molecule has 3 N–H and O–H groups in total. The molecule has 0 saturated heterocycles. The molecule has 8 rings (SSSR count). The SMILES string of the molecule is C=C(C)C(=O)OC12CC3CC(O)(CC(O)(C3)C1C13CC4CC(CC(O)(C4)C1)C3)C2. The lowest BCUT2D eigenvalue weighted by molar-refractivity contribution is -0.335. The first-order valence-electron chi connectivity index (χ1n) is 11.5. The summed E-state index contributed by atoms with van der Waals surface area (Å²) < 4.78 is 6.24. The molecule has 0 aromatic carbocycles. The predicted molar refractivity (Wildman–Crippen MR) is 106 cm³/mol. The van der Waals surface area contributed by atoms with Crippen LogP contribution in [0.2, 0.25) is 0 Å². The number of esters is 1. The fourth-order valence-electron chi connectivity index (χ4n) is 10.3. The maximum atomic E-state index is 12.7. The first-order chi connectivity index (χ1) is 13.5. The van der Waals surface area contributed by atoms with E-state index >= 15 is 0 Å². The van der Waals surface area contributed by atoms with Crippen molar-refractivity contribution in [3.63, 3.8) is 0 Å². The molecule has 8 fully saturated rings. The number of aliphatic hydroxyl groups is 3. The van der Waals surface area contributed by atoms with Crippen LogP contribution in [0.1, 0.15) is 77.6 Å². The molecule has 29 heavy (non-hydrogen) atoms. The topological polar surface area (TPSA) is 87.0 Å². The van der Waals surface area contributed by atoms with Crippen LogP contribution in [0, 0.1) is 29.1 Å². The molecule has 8 aliphatic rings. The summed E-state index contributed by atoms with van der Waals surface area (Å²) in [6.07, 6.45) is 8.54. The number of carbonyl (C=O) groups excluding carboxylic acids is 1. The van der Waals surface area contributed by atoms with Crippen LogP contribution in [0.15, 0.2) is 12.2 Å².